The van der Waals surface area contributed by atoms with Gasteiger partial charge in [-0.25, -0.2) is 4.98 Å². The Morgan fingerprint density at radius 1 is 1.22 bits per heavy atom. The van der Waals surface area contributed by atoms with Crippen LogP contribution in [0.15, 0.2) is 30.5 Å². The van der Waals surface area contributed by atoms with Crippen LogP contribution in [0.4, 0.5) is 0 Å². The van der Waals surface area contributed by atoms with Gasteiger partial charge in [-0.2, -0.15) is 0 Å². The van der Waals surface area contributed by atoms with Crippen LogP contribution in [-0.4, -0.2) is 35.3 Å². The normalized spacial score (nSPS) is 11.9. The standard InChI is InChI=1S/C18H26N2O2S/c1-18(2,3)17-19-11-15(23-17)13-20(9-10-21)12-14-7-5-6-8-16(14)22-4/h5-8,11,21H,9-10,12-13H2,1-4H3. The van der Waals surface area contributed by atoms with Crippen molar-refractivity contribution in [2.45, 2.75) is 39.3 Å². The first-order valence-electron chi connectivity index (χ1n) is 7.84. The van der Waals surface area contributed by atoms with E-state index in [0.717, 1.165) is 29.4 Å². The van der Waals surface area contributed by atoms with Crippen molar-refractivity contribution in [3.8, 4) is 5.75 Å². The third-order valence-electron chi connectivity index (χ3n) is 3.58. The Morgan fingerprint density at radius 3 is 2.57 bits per heavy atom. The summed E-state index contributed by atoms with van der Waals surface area (Å²) in [7, 11) is 1.69. The van der Waals surface area contributed by atoms with Gasteiger partial charge in [-0.15, -0.1) is 11.3 Å². The van der Waals surface area contributed by atoms with E-state index in [-0.39, 0.29) is 12.0 Å². The van der Waals surface area contributed by atoms with Gasteiger partial charge in [0.1, 0.15) is 5.75 Å². The van der Waals surface area contributed by atoms with E-state index >= 15 is 0 Å². The highest BCUT2D eigenvalue weighted by atomic mass is 32.1. The first-order chi connectivity index (χ1) is 10.9. The molecule has 0 aliphatic heterocycles. The quantitative estimate of drug-likeness (QED) is 0.842. The molecule has 0 fully saturated rings. The molecule has 0 saturated heterocycles. The molecule has 1 N–H and O–H groups in total. The van der Waals surface area contributed by atoms with Crippen LogP contribution < -0.4 is 4.74 Å². The highest BCUT2D eigenvalue weighted by molar-refractivity contribution is 7.11. The monoisotopic (exact) mass is 334 g/mol. The molecule has 4 nitrogen and oxygen atoms in total. The summed E-state index contributed by atoms with van der Waals surface area (Å²) >= 11 is 1.75. The summed E-state index contributed by atoms with van der Waals surface area (Å²) in [6.45, 7) is 8.82. The maximum absolute atomic E-state index is 9.37. The lowest BCUT2D eigenvalue weighted by Crippen LogP contribution is -2.25. The first-order valence-corrected chi connectivity index (χ1v) is 8.66. The summed E-state index contributed by atoms with van der Waals surface area (Å²) in [4.78, 5) is 7.99. The second-order valence-corrected chi connectivity index (χ2v) is 7.74. The first kappa shape index (κ1) is 17.9. The lowest BCUT2D eigenvalue weighted by atomic mass is 9.98. The summed E-state index contributed by atoms with van der Waals surface area (Å²) in [5.41, 5.74) is 1.21. The van der Waals surface area contributed by atoms with E-state index in [0.29, 0.717) is 6.54 Å². The molecule has 0 aliphatic carbocycles. The van der Waals surface area contributed by atoms with Crippen molar-refractivity contribution in [1.29, 1.82) is 0 Å². The number of thiazole rings is 1. The minimum atomic E-state index is 0.0768. The van der Waals surface area contributed by atoms with Crippen LogP contribution in [0.3, 0.4) is 0 Å². The van der Waals surface area contributed by atoms with Crippen LogP contribution in [0.1, 0.15) is 36.2 Å². The molecule has 1 aromatic carbocycles. The predicted octanol–water partition coefficient (Wildman–Crippen LogP) is 3.44. The predicted molar refractivity (Wildman–Crippen MR) is 95.0 cm³/mol. The fourth-order valence-corrected chi connectivity index (χ4v) is 3.39. The van der Waals surface area contributed by atoms with Crippen molar-refractivity contribution in [3.63, 3.8) is 0 Å². The summed E-state index contributed by atoms with van der Waals surface area (Å²) < 4.78 is 5.42. The van der Waals surface area contributed by atoms with Crippen LogP contribution in [0.2, 0.25) is 0 Å². The van der Waals surface area contributed by atoms with E-state index in [1.165, 1.54) is 4.88 Å². The molecule has 0 spiro atoms. The molecule has 23 heavy (non-hydrogen) atoms. The Hall–Kier alpha value is -1.43. The molecule has 0 radical (unpaired) electrons. The van der Waals surface area contributed by atoms with Gasteiger partial charge in [0.05, 0.1) is 18.7 Å². The van der Waals surface area contributed by atoms with Crippen molar-refractivity contribution >= 4 is 11.3 Å². The van der Waals surface area contributed by atoms with Crippen molar-refractivity contribution in [3.05, 3.63) is 45.9 Å². The Kier molecular flexibility index (Phi) is 6.16. The Balaban J connectivity index is 2.11. The van der Waals surface area contributed by atoms with Gasteiger partial charge in [0.2, 0.25) is 0 Å². The van der Waals surface area contributed by atoms with E-state index in [4.69, 9.17) is 4.74 Å². The minimum Gasteiger partial charge on any atom is -0.496 e. The van der Waals surface area contributed by atoms with E-state index in [1.807, 2.05) is 24.4 Å². The van der Waals surface area contributed by atoms with Gasteiger partial charge in [0.25, 0.3) is 0 Å². The number of hydrogen-bond acceptors (Lipinski definition) is 5. The van der Waals surface area contributed by atoms with E-state index in [9.17, 15) is 5.11 Å². The molecule has 2 rings (SSSR count). The SMILES string of the molecule is COc1ccccc1CN(CCO)Cc1cnc(C(C)(C)C)s1. The Labute approximate surface area is 142 Å². The van der Waals surface area contributed by atoms with Gasteiger partial charge in [-0.1, -0.05) is 39.0 Å². The van der Waals surface area contributed by atoms with Crippen molar-refractivity contribution < 1.29 is 9.84 Å². The highest BCUT2D eigenvalue weighted by Gasteiger charge is 2.19. The lowest BCUT2D eigenvalue weighted by Gasteiger charge is -2.21. The van der Waals surface area contributed by atoms with Crippen LogP contribution >= 0.6 is 11.3 Å². The number of ether oxygens (including phenoxy) is 1. The molecule has 0 saturated carbocycles. The second kappa shape index (κ2) is 7.90. The number of rotatable bonds is 7. The number of methoxy groups -OCH3 is 1. The van der Waals surface area contributed by atoms with Gasteiger partial charge < -0.3 is 9.84 Å². The molecule has 0 unspecified atom stereocenters. The van der Waals surface area contributed by atoms with Gasteiger partial charge in [0, 0.05) is 41.7 Å². The Morgan fingerprint density at radius 2 is 1.96 bits per heavy atom. The van der Waals surface area contributed by atoms with Crippen LogP contribution in [0, 0.1) is 0 Å². The summed E-state index contributed by atoms with van der Waals surface area (Å²) in [6, 6.07) is 8.02. The maximum Gasteiger partial charge on any atom is 0.123 e. The molecular weight excluding hydrogens is 308 g/mol. The number of para-hydroxylation sites is 1. The average molecular weight is 334 g/mol. The molecule has 1 heterocycles. The number of hydrogen-bond donors (Lipinski definition) is 1. The zero-order valence-corrected chi connectivity index (χ0v) is 15.2. The fourth-order valence-electron chi connectivity index (χ4n) is 2.38. The molecule has 0 aliphatic rings. The summed E-state index contributed by atoms with van der Waals surface area (Å²) in [5.74, 6) is 0.884. The smallest absolute Gasteiger partial charge is 0.123 e. The summed E-state index contributed by atoms with van der Waals surface area (Å²) in [5, 5.41) is 10.5. The molecule has 0 amide bonds. The van der Waals surface area contributed by atoms with E-state index in [1.54, 1.807) is 18.4 Å². The molecule has 2 aromatic rings. The van der Waals surface area contributed by atoms with Crippen LogP contribution in [0.5, 0.6) is 5.75 Å². The van der Waals surface area contributed by atoms with Crippen molar-refractivity contribution in [2.24, 2.45) is 0 Å². The van der Waals surface area contributed by atoms with E-state index < -0.39 is 0 Å². The number of nitrogens with zero attached hydrogens (tertiary/aromatic N) is 2. The van der Waals surface area contributed by atoms with Crippen molar-refractivity contribution in [2.75, 3.05) is 20.3 Å². The lowest BCUT2D eigenvalue weighted by molar-refractivity contribution is 0.184. The number of aliphatic hydroxyl groups excluding tert-OH is 1. The molecule has 0 bridgehead atoms. The van der Waals surface area contributed by atoms with Gasteiger partial charge in [-0.05, 0) is 6.07 Å². The molecule has 0 atom stereocenters. The number of benzene rings is 1. The van der Waals surface area contributed by atoms with Crippen molar-refractivity contribution in [1.82, 2.24) is 9.88 Å². The molecule has 126 valence electrons. The minimum absolute atomic E-state index is 0.0768. The van der Waals surface area contributed by atoms with Gasteiger partial charge in [0.15, 0.2) is 0 Å². The number of aromatic nitrogens is 1. The topological polar surface area (TPSA) is 45.6 Å². The zero-order valence-electron chi connectivity index (χ0n) is 14.4. The molecule has 5 heteroatoms. The summed E-state index contributed by atoms with van der Waals surface area (Å²) in [6.07, 6.45) is 1.96. The second-order valence-electron chi connectivity index (χ2n) is 6.63. The third kappa shape index (κ3) is 5.03. The number of aliphatic hydroxyl groups is 1. The average Bonchev–Trinajstić information content (AvgIpc) is 2.97. The maximum atomic E-state index is 9.37. The van der Waals surface area contributed by atoms with Gasteiger partial charge >= 0.3 is 0 Å². The van der Waals surface area contributed by atoms with Gasteiger partial charge in [-0.3, -0.25) is 4.90 Å². The molecule has 1 aromatic heterocycles. The fraction of sp³-hybridized carbons (Fsp3) is 0.500. The van der Waals surface area contributed by atoms with Crippen LogP contribution in [0.25, 0.3) is 0 Å². The molecular formula is C18H26N2O2S. The highest BCUT2D eigenvalue weighted by Crippen LogP contribution is 2.28. The zero-order chi connectivity index (χ0) is 16.9. The van der Waals surface area contributed by atoms with Crippen LogP contribution in [-0.2, 0) is 18.5 Å². The largest absolute Gasteiger partial charge is 0.496 e. The third-order valence-corrected chi connectivity index (χ3v) is 4.99. The van der Waals surface area contributed by atoms with E-state index in [2.05, 4.69) is 36.7 Å². The Bertz CT molecular complexity index is 619.